The first kappa shape index (κ1) is 14.8. The molecule has 4 aromatic rings. The molecular weight excluding hydrogens is 316 g/mol. The van der Waals surface area contributed by atoms with Crippen LogP contribution in [0.5, 0.6) is 0 Å². The van der Waals surface area contributed by atoms with E-state index in [0.29, 0.717) is 5.82 Å². The van der Waals surface area contributed by atoms with Crippen LogP contribution >= 0.6 is 11.3 Å². The number of anilines is 2. The van der Waals surface area contributed by atoms with Crippen molar-refractivity contribution in [1.29, 1.82) is 0 Å². The summed E-state index contributed by atoms with van der Waals surface area (Å²) in [6.07, 6.45) is 3.54. The van der Waals surface area contributed by atoms with Gasteiger partial charge >= 0.3 is 0 Å². The predicted molar refractivity (Wildman–Crippen MR) is 99.8 cm³/mol. The van der Waals surface area contributed by atoms with Crippen LogP contribution < -0.4 is 5.32 Å². The Morgan fingerprint density at radius 1 is 1.00 bits per heavy atom. The van der Waals surface area contributed by atoms with Gasteiger partial charge < -0.3 is 5.32 Å². The van der Waals surface area contributed by atoms with Gasteiger partial charge in [0.25, 0.3) is 0 Å². The molecule has 0 bridgehead atoms. The van der Waals surface area contributed by atoms with Gasteiger partial charge in [0.05, 0.1) is 5.39 Å². The molecule has 3 heterocycles. The van der Waals surface area contributed by atoms with Crippen LogP contribution in [0.4, 0.5) is 11.5 Å². The molecule has 1 aromatic carbocycles. The van der Waals surface area contributed by atoms with Crippen molar-refractivity contribution in [1.82, 2.24) is 15.0 Å². The highest BCUT2D eigenvalue weighted by molar-refractivity contribution is 7.18. The highest BCUT2D eigenvalue weighted by atomic mass is 32.1. The molecule has 24 heavy (non-hydrogen) atoms. The lowest BCUT2D eigenvalue weighted by molar-refractivity contribution is 1.21. The lowest BCUT2D eigenvalue weighted by Crippen LogP contribution is -1.98. The Balaban J connectivity index is 1.84. The lowest BCUT2D eigenvalue weighted by atomic mass is 10.2. The Hall–Kier alpha value is -2.79. The topological polar surface area (TPSA) is 50.7 Å². The summed E-state index contributed by atoms with van der Waals surface area (Å²) < 4.78 is 0. The fourth-order valence-electron chi connectivity index (χ4n) is 2.53. The van der Waals surface area contributed by atoms with Crippen molar-refractivity contribution >= 4 is 33.1 Å². The van der Waals surface area contributed by atoms with E-state index in [4.69, 9.17) is 9.97 Å². The van der Waals surface area contributed by atoms with E-state index in [1.165, 1.54) is 10.4 Å². The van der Waals surface area contributed by atoms with Crippen molar-refractivity contribution in [2.75, 3.05) is 5.32 Å². The molecule has 0 fully saturated rings. The minimum Gasteiger partial charge on any atom is -0.340 e. The molecule has 118 valence electrons. The van der Waals surface area contributed by atoms with Gasteiger partial charge in [-0.25, -0.2) is 9.97 Å². The number of pyridine rings is 1. The number of hydrogen-bond acceptors (Lipinski definition) is 5. The van der Waals surface area contributed by atoms with E-state index < -0.39 is 0 Å². The largest absolute Gasteiger partial charge is 0.340 e. The maximum atomic E-state index is 4.75. The number of nitrogens with one attached hydrogen (secondary N) is 1. The van der Waals surface area contributed by atoms with Crippen LogP contribution in [0.2, 0.25) is 0 Å². The number of thiophene rings is 1. The van der Waals surface area contributed by atoms with E-state index >= 15 is 0 Å². The fourth-order valence-corrected chi connectivity index (χ4v) is 3.41. The molecule has 0 spiro atoms. The Kier molecular flexibility index (Phi) is 3.70. The van der Waals surface area contributed by atoms with Crippen LogP contribution in [-0.4, -0.2) is 15.0 Å². The van der Waals surface area contributed by atoms with Gasteiger partial charge in [-0.3, -0.25) is 4.98 Å². The van der Waals surface area contributed by atoms with Crippen molar-refractivity contribution in [3.05, 3.63) is 65.3 Å². The van der Waals surface area contributed by atoms with Crippen LogP contribution in [0.25, 0.3) is 21.6 Å². The first-order valence-electron chi connectivity index (χ1n) is 7.71. The predicted octanol–water partition coefficient (Wildman–Crippen LogP) is 5.11. The van der Waals surface area contributed by atoms with Crippen LogP contribution in [0.15, 0.2) is 54.9 Å². The fraction of sp³-hybridized carbons (Fsp3) is 0.105. The number of fused-ring (bicyclic) bond motifs is 1. The van der Waals surface area contributed by atoms with Crippen LogP contribution in [-0.2, 0) is 0 Å². The highest BCUT2D eigenvalue weighted by Gasteiger charge is 2.12. The number of aromatic nitrogens is 3. The Morgan fingerprint density at radius 3 is 2.58 bits per heavy atom. The molecule has 5 heteroatoms. The number of rotatable bonds is 3. The number of benzene rings is 1. The van der Waals surface area contributed by atoms with Gasteiger partial charge in [-0.05, 0) is 44.2 Å². The summed E-state index contributed by atoms with van der Waals surface area (Å²) >= 11 is 1.68. The SMILES string of the molecule is Cc1ccc(Nc2nc(-c3cccnc3)nc3sc(C)cc23)cc1. The summed E-state index contributed by atoms with van der Waals surface area (Å²) in [5.41, 5.74) is 3.16. The van der Waals surface area contributed by atoms with E-state index in [1.807, 2.05) is 12.1 Å². The molecular formula is C19H16N4S. The Bertz CT molecular complexity index is 991. The first-order chi connectivity index (χ1) is 11.7. The molecule has 0 aliphatic rings. The van der Waals surface area contributed by atoms with Gasteiger partial charge in [0.2, 0.25) is 0 Å². The van der Waals surface area contributed by atoms with Crippen molar-refractivity contribution in [3.63, 3.8) is 0 Å². The monoisotopic (exact) mass is 332 g/mol. The smallest absolute Gasteiger partial charge is 0.164 e. The van der Waals surface area contributed by atoms with Gasteiger partial charge in [-0.1, -0.05) is 17.7 Å². The zero-order valence-corrected chi connectivity index (χ0v) is 14.3. The summed E-state index contributed by atoms with van der Waals surface area (Å²) in [5.74, 6) is 1.51. The van der Waals surface area contributed by atoms with E-state index in [-0.39, 0.29) is 0 Å². The van der Waals surface area contributed by atoms with E-state index in [0.717, 1.165) is 27.3 Å². The van der Waals surface area contributed by atoms with Crippen LogP contribution in [0.1, 0.15) is 10.4 Å². The molecule has 0 aliphatic carbocycles. The second kappa shape index (κ2) is 6.02. The van der Waals surface area contributed by atoms with E-state index in [2.05, 4.69) is 54.5 Å². The Labute approximate surface area is 144 Å². The highest BCUT2D eigenvalue weighted by Crippen LogP contribution is 2.32. The zero-order valence-electron chi connectivity index (χ0n) is 13.4. The van der Waals surface area contributed by atoms with Crippen molar-refractivity contribution in [2.24, 2.45) is 0 Å². The lowest BCUT2D eigenvalue weighted by Gasteiger charge is -2.09. The molecule has 0 atom stereocenters. The average molecular weight is 332 g/mol. The third-order valence-electron chi connectivity index (χ3n) is 3.75. The van der Waals surface area contributed by atoms with E-state index in [1.54, 1.807) is 23.7 Å². The van der Waals surface area contributed by atoms with Crippen molar-refractivity contribution < 1.29 is 0 Å². The average Bonchev–Trinajstić information content (AvgIpc) is 2.98. The summed E-state index contributed by atoms with van der Waals surface area (Å²) in [6, 6.07) is 14.3. The number of nitrogens with zero attached hydrogens (tertiary/aromatic N) is 3. The number of hydrogen-bond donors (Lipinski definition) is 1. The minimum atomic E-state index is 0.687. The number of aryl methyl sites for hydroxylation is 2. The summed E-state index contributed by atoms with van der Waals surface area (Å²) in [4.78, 5) is 15.8. The molecule has 4 nitrogen and oxygen atoms in total. The minimum absolute atomic E-state index is 0.687. The van der Waals surface area contributed by atoms with Gasteiger partial charge in [0, 0.05) is 28.5 Å². The van der Waals surface area contributed by atoms with Crippen LogP contribution in [0, 0.1) is 13.8 Å². The zero-order chi connectivity index (χ0) is 16.5. The molecule has 3 aromatic heterocycles. The molecule has 0 amide bonds. The molecule has 0 aliphatic heterocycles. The van der Waals surface area contributed by atoms with Gasteiger partial charge in [0.1, 0.15) is 10.6 Å². The van der Waals surface area contributed by atoms with E-state index in [9.17, 15) is 0 Å². The van der Waals surface area contributed by atoms with Crippen LogP contribution in [0.3, 0.4) is 0 Å². The quantitative estimate of drug-likeness (QED) is 0.566. The third-order valence-corrected chi connectivity index (χ3v) is 4.69. The molecule has 0 radical (unpaired) electrons. The molecule has 0 saturated heterocycles. The standard InChI is InChI=1S/C19H16N4S/c1-12-5-7-15(8-6-12)21-18-16-10-13(2)24-19(16)23-17(22-18)14-4-3-9-20-11-14/h3-11H,1-2H3,(H,21,22,23). The third kappa shape index (κ3) is 2.86. The van der Waals surface area contributed by atoms with Crippen molar-refractivity contribution in [2.45, 2.75) is 13.8 Å². The molecule has 0 saturated carbocycles. The second-order valence-corrected chi connectivity index (χ2v) is 6.94. The summed E-state index contributed by atoms with van der Waals surface area (Å²) in [7, 11) is 0. The molecule has 0 unspecified atom stereocenters. The molecule has 1 N–H and O–H groups in total. The Morgan fingerprint density at radius 2 is 1.83 bits per heavy atom. The molecule has 4 rings (SSSR count). The summed E-state index contributed by atoms with van der Waals surface area (Å²) in [5, 5.41) is 4.48. The van der Waals surface area contributed by atoms with Gasteiger partial charge in [-0.15, -0.1) is 11.3 Å². The van der Waals surface area contributed by atoms with Gasteiger partial charge in [0.15, 0.2) is 5.82 Å². The maximum absolute atomic E-state index is 4.75. The normalized spacial score (nSPS) is 10.9. The van der Waals surface area contributed by atoms with Gasteiger partial charge in [-0.2, -0.15) is 0 Å². The second-order valence-electron chi connectivity index (χ2n) is 5.70. The summed E-state index contributed by atoms with van der Waals surface area (Å²) in [6.45, 7) is 4.17. The van der Waals surface area contributed by atoms with Crippen molar-refractivity contribution in [3.8, 4) is 11.4 Å². The first-order valence-corrected chi connectivity index (χ1v) is 8.53. The maximum Gasteiger partial charge on any atom is 0.164 e.